The van der Waals surface area contributed by atoms with Gasteiger partial charge < -0.3 is 15.7 Å². The van der Waals surface area contributed by atoms with Gasteiger partial charge >= 0.3 is 0 Å². The topological polar surface area (TPSA) is 73.3 Å². The monoisotopic (exact) mass is 327 g/mol. The van der Waals surface area contributed by atoms with Gasteiger partial charge in [-0.3, -0.25) is 4.90 Å². The van der Waals surface area contributed by atoms with Gasteiger partial charge in [-0.1, -0.05) is 30.3 Å². The van der Waals surface area contributed by atoms with Gasteiger partial charge in [0.15, 0.2) is 0 Å². The molecule has 6 nitrogen and oxygen atoms in total. The molecule has 1 aliphatic heterocycles. The van der Waals surface area contributed by atoms with E-state index in [0.717, 1.165) is 44.1 Å². The van der Waals surface area contributed by atoms with Crippen LogP contribution in [0, 0.1) is 0 Å². The Morgan fingerprint density at radius 3 is 2.58 bits per heavy atom. The van der Waals surface area contributed by atoms with E-state index in [1.54, 1.807) is 6.33 Å². The third-order valence-electron chi connectivity index (χ3n) is 4.27. The van der Waals surface area contributed by atoms with Gasteiger partial charge in [0.05, 0.1) is 6.61 Å². The zero-order valence-electron chi connectivity index (χ0n) is 13.9. The second-order valence-corrected chi connectivity index (χ2v) is 6.12. The number of benzene rings is 1. The summed E-state index contributed by atoms with van der Waals surface area (Å²) in [5.74, 6) is 1.58. The molecular formula is C18H25N5O. The molecule has 2 heterocycles. The van der Waals surface area contributed by atoms with Crippen molar-refractivity contribution >= 4 is 11.6 Å². The van der Waals surface area contributed by atoms with Crippen LogP contribution in [0.4, 0.5) is 11.6 Å². The molecule has 3 N–H and O–H groups in total. The zero-order valence-corrected chi connectivity index (χ0v) is 13.9. The molecule has 0 aliphatic carbocycles. The van der Waals surface area contributed by atoms with Gasteiger partial charge in [-0.05, 0) is 18.4 Å². The molecule has 3 rings (SSSR count). The van der Waals surface area contributed by atoms with Gasteiger partial charge in [0.25, 0.3) is 0 Å². The summed E-state index contributed by atoms with van der Waals surface area (Å²) in [5, 5.41) is 15.4. The van der Waals surface area contributed by atoms with Crippen molar-refractivity contribution in [3.05, 3.63) is 48.3 Å². The van der Waals surface area contributed by atoms with Crippen LogP contribution in [0.15, 0.2) is 42.7 Å². The maximum absolute atomic E-state index is 8.86. The second kappa shape index (κ2) is 8.61. The average molecular weight is 327 g/mol. The minimum Gasteiger partial charge on any atom is -0.395 e. The van der Waals surface area contributed by atoms with Crippen molar-refractivity contribution < 1.29 is 5.11 Å². The maximum atomic E-state index is 8.86. The Bertz CT molecular complexity index is 614. The second-order valence-electron chi connectivity index (χ2n) is 6.12. The highest BCUT2D eigenvalue weighted by Gasteiger charge is 2.19. The highest BCUT2D eigenvalue weighted by Crippen LogP contribution is 2.18. The lowest BCUT2D eigenvalue weighted by atomic mass is 10.0. The molecule has 6 heteroatoms. The van der Waals surface area contributed by atoms with Gasteiger partial charge in [-0.25, -0.2) is 9.97 Å². The third kappa shape index (κ3) is 4.91. The summed E-state index contributed by atoms with van der Waals surface area (Å²) >= 11 is 0. The summed E-state index contributed by atoms with van der Waals surface area (Å²) in [5.41, 5.74) is 1.37. The molecule has 1 fully saturated rings. The first-order chi connectivity index (χ1) is 11.8. The van der Waals surface area contributed by atoms with Crippen molar-refractivity contribution in [2.24, 2.45) is 0 Å². The molecule has 1 aromatic carbocycles. The van der Waals surface area contributed by atoms with E-state index in [-0.39, 0.29) is 6.61 Å². The minimum absolute atomic E-state index is 0.0899. The predicted octanol–water partition coefficient (Wildman–Crippen LogP) is 1.96. The average Bonchev–Trinajstić information content (AvgIpc) is 2.63. The first-order valence-electron chi connectivity index (χ1n) is 8.53. The molecule has 0 amide bonds. The summed E-state index contributed by atoms with van der Waals surface area (Å²) < 4.78 is 0. The molecule has 128 valence electrons. The van der Waals surface area contributed by atoms with Gasteiger partial charge in [0, 0.05) is 38.3 Å². The smallest absolute Gasteiger partial charge is 0.131 e. The van der Waals surface area contributed by atoms with Gasteiger partial charge in [0.1, 0.15) is 18.0 Å². The first-order valence-corrected chi connectivity index (χ1v) is 8.53. The van der Waals surface area contributed by atoms with Gasteiger partial charge in [-0.2, -0.15) is 0 Å². The predicted molar refractivity (Wildman–Crippen MR) is 96.0 cm³/mol. The van der Waals surface area contributed by atoms with E-state index >= 15 is 0 Å². The number of aromatic nitrogens is 2. The Morgan fingerprint density at radius 1 is 1.08 bits per heavy atom. The number of likely N-dealkylation sites (tertiary alicyclic amines) is 1. The SMILES string of the molecule is OCCNc1cc(NC2CCN(Cc3ccccc3)CC2)ncn1. The minimum atomic E-state index is 0.0899. The van der Waals surface area contributed by atoms with E-state index < -0.39 is 0 Å². The number of rotatable bonds is 7. The number of nitrogens with zero attached hydrogens (tertiary/aromatic N) is 3. The Labute approximate surface area is 142 Å². The van der Waals surface area contributed by atoms with E-state index in [4.69, 9.17) is 5.11 Å². The van der Waals surface area contributed by atoms with E-state index in [1.165, 1.54) is 5.56 Å². The van der Waals surface area contributed by atoms with Crippen LogP contribution in [0.5, 0.6) is 0 Å². The first kappa shape index (κ1) is 16.7. The summed E-state index contributed by atoms with van der Waals surface area (Å²) in [4.78, 5) is 10.9. The fourth-order valence-corrected chi connectivity index (χ4v) is 3.00. The van der Waals surface area contributed by atoms with Crippen molar-refractivity contribution in [2.75, 3.05) is 36.9 Å². The molecule has 0 spiro atoms. The summed E-state index contributed by atoms with van der Waals surface area (Å²) in [6, 6.07) is 13.0. The Balaban J connectivity index is 1.47. The van der Waals surface area contributed by atoms with Gasteiger partial charge in [0.2, 0.25) is 0 Å². The molecule has 24 heavy (non-hydrogen) atoms. The van der Waals surface area contributed by atoms with E-state index in [9.17, 15) is 0 Å². The van der Waals surface area contributed by atoms with E-state index in [2.05, 4.69) is 55.8 Å². The molecule has 2 aromatic rings. The molecule has 1 aliphatic rings. The van der Waals surface area contributed by atoms with E-state index in [1.807, 2.05) is 6.07 Å². The zero-order chi connectivity index (χ0) is 16.6. The highest BCUT2D eigenvalue weighted by molar-refractivity contribution is 5.46. The number of nitrogens with one attached hydrogen (secondary N) is 2. The van der Waals surface area contributed by atoms with Crippen LogP contribution < -0.4 is 10.6 Å². The van der Waals surface area contributed by atoms with Crippen LogP contribution in [0.1, 0.15) is 18.4 Å². The van der Waals surface area contributed by atoms with Crippen molar-refractivity contribution in [3.63, 3.8) is 0 Å². The normalized spacial score (nSPS) is 16.0. The fraction of sp³-hybridized carbons (Fsp3) is 0.444. The number of hydrogen-bond donors (Lipinski definition) is 3. The van der Waals surface area contributed by atoms with Crippen molar-refractivity contribution in [1.29, 1.82) is 0 Å². The van der Waals surface area contributed by atoms with Crippen molar-refractivity contribution in [1.82, 2.24) is 14.9 Å². The molecular weight excluding hydrogens is 302 g/mol. The molecule has 1 saturated heterocycles. The molecule has 0 saturated carbocycles. The maximum Gasteiger partial charge on any atom is 0.131 e. The van der Waals surface area contributed by atoms with Crippen LogP contribution in [-0.2, 0) is 6.54 Å². The van der Waals surface area contributed by atoms with Crippen molar-refractivity contribution in [2.45, 2.75) is 25.4 Å². The molecule has 0 bridgehead atoms. The Hall–Kier alpha value is -2.18. The standard InChI is InChI=1S/C18H25N5O/c24-11-8-19-17-12-18(21-14-20-17)22-16-6-9-23(10-7-16)13-15-4-2-1-3-5-15/h1-5,12,14,16,24H,6-11,13H2,(H2,19,20,21,22). The molecule has 0 atom stereocenters. The highest BCUT2D eigenvalue weighted by atomic mass is 16.3. The molecule has 0 unspecified atom stereocenters. The van der Waals surface area contributed by atoms with Crippen LogP contribution >= 0.6 is 0 Å². The van der Waals surface area contributed by atoms with E-state index in [0.29, 0.717) is 12.6 Å². The van der Waals surface area contributed by atoms with Crippen LogP contribution in [0.25, 0.3) is 0 Å². The lowest BCUT2D eigenvalue weighted by molar-refractivity contribution is 0.211. The number of anilines is 2. The van der Waals surface area contributed by atoms with Crippen LogP contribution in [0.3, 0.4) is 0 Å². The Morgan fingerprint density at radius 2 is 1.83 bits per heavy atom. The molecule has 1 aromatic heterocycles. The lowest BCUT2D eigenvalue weighted by Gasteiger charge is -2.32. The number of aliphatic hydroxyl groups excluding tert-OH is 1. The van der Waals surface area contributed by atoms with Crippen LogP contribution in [0.2, 0.25) is 0 Å². The fourth-order valence-electron chi connectivity index (χ4n) is 3.00. The number of hydrogen-bond acceptors (Lipinski definition) is 6. The largest absolute Gasteiger partial charge is 0.395 e. The lowest BCUT2D eigenvalue weighted by Crippen LogP contribution is -2.38. The molecule has 0 radical (unpaired) electrons. The summed E-state index contributed by atoms with van der Waals surface area (Å²) in [7, 11) is 0. The van der Waals surface area contributed by atoms with Gasteiger partial charge in [-0.15, -0.1) is 0 Å². The number of piperidine rings is 1. The summed E-state index contributed by atoms with van der Waals surface area (Å²) in [6.45, 7) is 3.79. The van der Waals surface area contributed by atoms with Crippen LogP contribution in [-0.4, -0.2) is 52.3 Å². The number of aliphatic hydroxyl groups is 1. The Kier molecular flexibility index (Phi) is 5.98. The quantitative estimate of drug-likeness (QED) is 0.722. The van der Waals surface area contributed by atoms with Crippen molar-refractivity contribution in [3.8, 4) is 0 Å². The third-order valence-corrected chi connectivity index (χ3v) is 4.27. The summed E-state index contributed by atoms with van der Waals surface area (Å²) in [6.07, 6.45) is 3.76.